The predicted molar refractivity (Wildman–Crippen MR) is 62.9 cm³/mol. The van der Waals surface area contributed by atoms with Crippen LogP contribution in [0.3, 0.4) is 0 Å². The van der Waals surface area contributed by atoms with Crippen LogP contribution in [0.4, 0.5) is 0 Å². The van der Waals surface area contributed by atoms with Crippen molar-refractivity contribution in [2.75, 3.05) is 26.7 Å². The molecule has 0 unspecified atom stereocenters. The lowest BCUT2D eigenvalue weighted by Gasteiger charge is -2.51. The van der Waals surface area contributed by atoms with E-state index in [0.717, 1.165) is 6.04 Å². The molecule has 2 rings (SSSR count). The summed E-state index contributed by atoms with van der Waals surface area (Å²) in [5.74, 6) is 0.471. The zero-order valence-electron chi connectivity index (χ0n) is 10.6. The number of nitrogens with zero attached hydrogens (tertiary/aromatic N) is 1. The number of fused-ring (bicyclic) bond motifs is 1. The standard InChI is InChI=1S/C13H24NO2/c1-11(15)16-10-12-6-5-9-14(2)8-4-3-7-13(12)14/h12-13H,3-10H2,1-2H3/q+1/t12-,13-,14+/m1/s1. The maximum atomic E-state index is 10.9. The highest BCUT2D eigenvalue weighted by molar-refractivity contribution is 5.65. The van der Waals surface area contributed by atoms with E-state index >= 15 is 0 Å². The third-order valence-corrected chi connectivity index (χ3v) is 4.51. The molecular formula is C13H24NO2+. The van der Waals surface area contributed by atoms with Gasteiger partial charge in [0.15, 0.2) is 0 Å². The van der Waals surface area contributed by atoms with Gasteiger partial charge in [-0.25, -0.2) is 0 Å². The monoisotopic (exact) mass is 226 g/mol. The molecule has 0 N–H and O–H groups in total. The van der Waals surface area contributed by atoms with Crippen molar-refractivity contribution in [2.45, 2.75) is 45.1 Å². The summed E-state index contributed by atoms with van der Waals surface area (Å²) in [5, 5.41) is 0. The number of carbonyl (C=O) groups excluding carboxylic acids is 1. The highest BCUT2D eigenvalue weighted by Gasteiger charge is 2.43. The van der Waals surface area contributed by atoms with Crippen molar-refractivity contribution < 1.29 is 14.0 Å². The van der Waals surface area contributed by atoms with Crippen LogP contribution in [0.25, 0.3) is 0 Å². The molecule has 2 saturated heterocycles. The lowest BCUT2D eigenvalue weighted by atomic mass is 9.82. The molecule has 2 aliphatic rings. The van der Waals surface area contributed by atoms with E-state index in [1.54, 1.807) is 0 Å². The lowest BCUT2D eigenvalue weighted by molar-refractivity contribution is -0.947. The van der Waals surface area contributed by atoms with Crippen molar-refractivity contribution in [3.63, 3.8) is 0 Å². The third-order valence-electron chi connectivity index (χ3n) is 4.51. The van der Waals surface area contributed by atoms with E-state index in [1.807, 2.05) is 0 Å². The first kappa shape index (κ1) is 11.9. The molecule has 0 aromatic carbocycles. The van der Waals surface area contributed by atoms with Gasteiger partial charge in [-0.15, -0.1) is 0 Å². The molecule has 3 nitrogen and oxygen atoms in total. The van der Waals surface area contributed by atoms with Gasteiger partial charge in [0, 0.05) is 19.3 Å². The van der Waals surface area contributed by atoms with Crippen molar-refractivity contribution in [1.82, 2.24) is 0 Å². The number of hydrogen-bond donors (Lipinski definition) is 0. The van der Waals surface area contributed by atoms with Crippen LogP contribution in [0, 0.1) is 5.92 Å². The molecule has 2 fully saturated rings. The molecule has 2 aliphatic heterocycles. The molecular weight excluding hydrogens is 202 g/mol. The van der Waals surface area contributed by atoms with E-state index in [2.05, 4.69) is 7.05 Å². The summed E-state index contributed by atoms with van der Waals surface area (Å²) in [4.78, 5) is 10.9. The fourth-order valence-electron chi connectivity index (χ4n) is 3.65. The SMILES string of the molecule is CC(=O)OC[C@H]1CCC[N@+]2(C)CCCC[C@H]12. The summed E-state index contributed by atoms with van der Waals surface area (Å²) in [6.07, 6.45) is 6.58. The minimum absolute atomic E-state index is 0.129. The van der Waals surface area contributed by atoms with Crippen LogP contribution in [0.15, 0.2) is 0 Å². The second-order valence-corrected chi connectivity index (χ2v) is 5.69. The van der Waals surface area contributed by atoms with Crippen LogP contribution in [0.2, 0.25) is 0 Å². The first-order valence-electron chi connectivity index (χ1n) is 6.59. The highest BCUT2D eigenvalue weighted by atomic mass is 16.5. The fraction of sp³-hybridized carbons (Fsp3) is 0.923. The Bertz CT molecular complexity index is 263. The van der Waals surface area contributed by atoms with Crippen LogP contribution in [0.1, 0.15) is 39.0 Å². The predicted octanol–water partition coefficient (Wildman–Crippen LogP) is 1.96. The smallest absolute Gasteiger partial charge is 0.302 e. The summed E-state index contributed by atoms with van der Waals surface area (Å²) < 4.78 is 6.45. The van der Waals surface area contributed by atoms with Gasteiger partial charge in [0.1, 0.15) is 0 Å². The molecule has 2 heterocycles. The van der Waals surface area contributed by atoms with Gasteiger partial charge in [0.2, 0.25) is 0 Å². The van der Waals surface area contributed by atoms with Crippen LogP contribution in [-0.2, 0) is 9.53 Å². The Morgan fingerprint density at radius 3 is 2.75 bits per heavy atom. The average Bonchev–Trinajstić information content (AvgIpc) is 2.25. The van der Waals surface area contributed by atoms with Crippen molar-refractivity contribution in [1.29, 1.82) is 0 Å². The van der Waals surface area contributed by atoms with Crippen molar-refractivity contribution in [2.24, 2.45) is 5.92 Å². The summed E-state index contributed by atoms with van der Waals surface area (Å²) >= 11 is 0. The van der Waals surface area contributed by atoms with Gasteiger partial charge in [0.25, 0.3) is 0 Å². The second kappa shape index (κ2) is 4.74. The molecule has 0 aromatic heterocycles. The fourth-order valence-corrected chi connectivity index (χ4v) is 3.65. The Balaban J connectivity index is 1.99. The maximum Gasteiger partial charge on any atom is 0.302 e. The normalized spacial score (nSPS) is 38.9. The molecule has 3 heteroatoms. The van der Waals surface area contributed by atoms with Gasteiger partial charge in [-0.05, 0) is 25.7 Å². The van der Waals surface area contributed by atoms with Crippen LogP contribution in [0.5, 0.6) is 0 Å². The molecule has 16 heavy (non-hydrogen) atoms. The van der Waals surface area contributed by atoms with Gasteiger partial charge >= 0.3 is 5.97 Å². The number of quaternary nitrogens is 1. The minimum atomic E-state index is -0.129. The molecule has 92 valence electrons. The van der Waals surface area contributed by atoms with Gasteiger partial charge < -0.3 is 9.22 Å². The summed E-state index contributed by atoms with van der Waals surface area (Å²) in [7, 11) is 2.39. The van der Waals surface area contributed by atoms with Crippen molar-refractivity contribution >= 4 is 5.97 Å². The summed E-state index contributed by atoms with van der Waals surface area (Å²) in [5.41, 5.74) is 0. The van der Waals surface area contributed by atoms with Crippen molar-refractivity contribution in [3.8, 4) is 0 Å². The van der Waals surface area contributed by atoms with Crippen LogP contribution in [-0.4, -0.2) is 43.2 Å². The van der Waals surface area contributed by atoms with Gasteiger partial charge in [-0.3, -0.25) is 4.79 Å². The molecule has 0 radical (unpaired) electrons. The van der Waals surface area contributed by atoms with Gasteiger partial charge in [-0.2, -0.15) is 0 Å². The number of rotatable bonds is 2. The Morgan fingerprint density at radius 1 is 1.25 bits per heavy atom. The molecule has 0 spiro atoms. The van der Waals surface area contributed by atoms with Gasteiger partial charge in [-0.1, -0.05) is 0 Å². The van der Waals surface area contributed by atoms with E-state index in [4.69, 9.17) is 4.74 Å². The Labute approximate surface area is 98.4 Å². The van der Waals surface area contributed by atoms with Crippen LogP contribution >= 0.6 is 0 Å². The van der Waals surface area contributed by atoms with E-state index in [1.165, 1.54) is 56.6 Å². The number of ether oxygens (including phenoxy) is 1. The molecule has 0 aromatic rings. The Morgan fingerprint density at radius 2 is 2.00 bits per heavy atom. The summed E-state index contributed by atoms with van der Waals surface area (Å²) in [6.45, 7) is 4.80. The van der Waals surface area contributed by atoms with E-state index in [0.29, 0.717) is 12.5 Å². The lowest BCUT2D eigenvalue weighted by Crippen LogP contribution is -2.61. The largest absolute Gasteiger partial charge is 0.465 e. The number of carbonyl (C=O) groups is 1. The Hall–Kier alpha value is -0.570. The summed E-state index contributed by atoms with van der Waals surface area (Å²) in [6, 6.07) is 0.738. The number of piperidine rings is 2. The number of esters is 1. The number of hydrogen-bond acceptors (Lipinski definition) is 2. The minimum Gasteiger partial charge on any atom is -0.465 e. The first-order valence-corrected chi connectivity index (χ1v) is 6.59. The van der Waals surface area contributed by atoms with Crippen LogP contribution < -0.4 is 0 Å². The first-order chi connectivity index (χ1) is 7.62. The van der Waals surface area contributed by atoms with E-state index in [-0.39, 0.29) is 5.97 Å². The topological polar surface area (TPSA) is 26.3 Å². The second-order valence-electron chi connectivity index (χ2n) is 5.69. The maximum absolute atomic E-state index is 10.9. The Kier molecular flexibility index (Phi) is 3.53. The highest BCUT2D eigenvalue weighted by Crippen LogP contribution is 2.35. The van der Waals surface area contributed by atoms with Gasteiger partial charge in [0.05, 0.1) is 32.8 Å². The zero-order valence-corrected chi connectivity index (χ0v) is 10.6. The molecule has 0 aliphatic carbocycles. The zero-order chi connectivity index (χ0) is 11.6. The molecule has 0 bridgehead atoms. The quantitative estimate of drug-likeness (QED) is 0.531. The van der Waals surface area contributed by atoms with E-state index in [9.17, 15) is 4.79 Å². The molecule has 0 amide bonds. The third kappa shape index (κ3) is 2.40. The molecule has 0 saturated carbocycles. The average molecular weight is 226 g/mol. The van der Waals surface area contributed by atoms with E-state index < -0.39 is 0 Å². The van der Waals surface area contributed by atoms with Crippen molar-refractivity contribution in [3.05, 3.63) is 0 Å². The molecule has 3 atom stereocenters.